The van der Waals surface area contributed by atoms with Crippen molar-refractivity contribution in [3.63, 3.8) is 0 Å². The molecule has 0 bridgehead atoms. The average Bonchev–Trinajstić information content (AvgIpc) is 2.12. The lowest BCUT2D eigenvalue weighted by Crippen LogP contribution is -2.16. The molecular formula is C10H11F3N2O. The molecule has 3 N–H and O–H groups in total. The van der Waals surface area contributed by atoms with Crippen molar-refractivity contribution in [2.24, 2.45) is 5.73 Å². The molecule has 0 heterocycles. The van der Waals surface area contributed by atoms with Gasteiger partial charge in [-0.15, -0.1) is 0 Å². The minimum atomic E-state index is -2.53. The van der Waals surface area contributed by atoms with Crippen LogP contribution in [-0.2, 0) is 0 Å². The van der Waals surface area contributed by atoms with Crippen molar-refractivity contribution in [3.8, 4) is 0 Å². The Labute approximate surface area is 90.4 Å². The number of aryl methyl sites for hydroxylation is 1. The van der Waals surface area contributed by atoms with Crippen LogP contribution in [0.15, 0.2) is 12.1 Å². The second-order valence-electron chi connectivity index (χ2n) is 3.29. The van der Waals surface area contributed by atoms with E-state index >= 15 is 0 Å². The molecule has 0 saturated heterocycles. The summed E-state index contributed by atoms with van der Waals surface area (Å²) in [7, 11) is 0. The molecule has 0 unspecified atom stereocenters. The van der Waals surface area contributed by atoms with Gasteiger partial charge in [0, 0.05) is 5.69 Å². The minimum Gasteiger partial charge on any atom is -0.379 e. The predicted molar refractivity (Wildman–Crippen MR) is 54.1 cm³/mol. The topological polar surface area (TPSA) is 55.1 Å². The second kappa shape index (κ2) is 4.87. The normalized spacial score (nSPS) is 10.6. The third-order valence-corrected chi connectivity index (χ3v) is 1.99. The van der Waals surface area contributed by atoms with Gasteiger partial charge in [0.15, 0.2) is 0 Å². The van der Waals surface area contributed by atoms with Crippen molar-refractivity contribution >= 4 is 11.6 Å². The number of carbonyl (C=O) groups excluding carboxylic acids is 1. The smallest absolute Gasteiger partial charge is 0.255 e. The van der Waals surface area contributed by atoms with Crippen LogP contribution >= 0.6 is 0 Å². The molecule has 1 amide bonds. The van der Waals surface area contributed by atoms with Gasteiger partial charge in [0.1, 0.15) is 5.82 Å². The molecule has 0 radical (unpaired) electrons. The lowest BCUT2D eigenvalue weighted by molar-refractivity contribution is 0.0996. The van der Waals surface area contributed by atoms with Gasteiger partial charge in [0.05, 0.1) is 12.1 Å². The zero-order valence-electron chi connectivity index (χ0n) is 8.56. The van der Waals surface area contributed by atoms with Crippen LogP contribution in [0.5, 0.6) is 0 Å². The molecule has 3 nitrogen and oxygen atoms in total. The van der Waals surface area contributed by atoms with Gasteiger partial charge in [-0.05, 0) is 24.6 Å². The summed E-state index contributed by atoms with van der Waals surface area (Å²) in [6.07, 6.45) is -2.53. The lowest BCUT2D eigenvalue weighted by Gasteiger charge is -2.09. The number of rotatable bonds is 4. The summed E-state index contributed by atoms with van der Waals surface area (Å²) in [6.45, 7) is 0.908. The molecule has 0 saturated carbocycles. The molecule has 16 heavy (non-hydrogen) atoms. The maximum atomic E-state index is 13.4. The number of anilines is 1. The molecule has 0 aliphatic heterocycles. The number of hydrogen-bond acceptors (Lipinski definition) is 2. The molecule has 0 aliphatic rings. The third kappa shape index (κ3) is 2.88. The Kier molecular flexibility index (Phi) is 3.76. The van der Waals surface area contributed by atoms with Gasteiger partial charge in [-0.3, -0.25) is 4.79 Å². The Bertz CT molecular complexity index is 384. The summed E-state index contributed by atoms with van der Waals surface area (Å²) in [4.78, 5) is 10.9. The van der Waals surface area contributed by atoms with E-state index in [-0.39, 0.29) is 11.3 Å². The van der Waals surface area contributed by atoms with Crippen molar-refractivity contribution in [1.82, 2.24) is 0 Å². The van der Waals surface area contributed by atoms with Gasteiger partial charge >= 0.3 is 0 Å². The number of nitrogens with two attached hydrogens (primary N) is 1. The number of benzene rings is 1. The SMILES string of the molecule is Cc1cc(NCC(F)F)cc(F)c1C(N)=O. The number of carbonyl (C=O) groups is 1. The van der Waals surface area contributed by atoms with E-state index in [1.165, 1.54) is 13.0 Å². The van der Waals surface area contributed by atoms with Crippen molar-refractivity contribution in [1.29, 1.82) is 0 Å². The van der Waals surface area contributed by atoms with Crippen molar-refractivity contribution < 1.29 is 18.0 Å². The van der Waals surface area contributed by atoms with Gasteiger partial charge < -0.3 is 11.1 Å². The first-order valence-corrected chi connectivity index (χ1v) is 4.53. The first kappa shape index (κ1) is 12.4. The maximum Gasteiger partial charge on any atom is 0.255 e. The Hall–Kier alpha value is -1.72. The third-order valence-electron chi connectivity index (χ3n) is 1.99. The van der Waals surface area contributed by atoms with Gasteiger partial charge in [-0.2, -0.15) is 0 Å². The van der Waals surface area contributed by atoms with Crippen molar-refractivity contribution in [2.45, 2.75) is 13.3 Å². The highest BCUT2D eigenvalue weighted by molar-refractivity contribution is 5.95. The summed E-state index contributed by atoms with van der Waals surface area (Å²) >= 11 is 0. The lowest BCUT2D eigenvalue weighted by atomic mass is 10.1. The van der Waals surface area contributed by atoms with E-state index in [9.17, 15) is 18.0 Å². The zero-order valence-corrected chi connectivity index (χ0v) is 8.56. The monoisotopic (exact) mass is 232 g/mol. The fraction of sp³-hybridized carbons (Fsp3) is 0.300. The fourth-order valence-electron chi connectivity index (χ4n) is 1.35. The van der Waals surface area contributed by atoms with Gasteiger partial charge in [-0.25, -0.2) is 13.2 Å². The number of primary amides is 1. The van der Waals surface area contributed by atoms with Crippen LogP contribution in [0.2, 0.25) is 0 Å². The molecule has 0 spiro atoms. The van der Waals surface area contributed by atoms with Gasteiger partial charge in [0.2, 0.25) is 0 Å². The molecule has 0 atom stereocenters. The van der Waals surface area contributed by atoms with E-state index in [4.69, 9.17) is 5.73 Å². The van der Waals surface area contributed by atoms with Crippen LogP contribution in [0.25, 0.3) is 0 Å². The van der Waals surface area contributed by atoms with E-state index in [1.807, 2.05) is 0 Å². The summed E-state index contributed by atoms with van der Waals surface area (Å²) in [6, 6.07) is 2.36. The molecule has 0 aliphatic carbocycles. The Morgan fingerprint density at radius 2 is 2.12 bits per heavy atom. The average molecular weight is 232 g/mol. The van der Waals surface area contributed by atoms with Crippen LogP contribution in [-0.4, -0.2) is 18.9 Å². The fourth-order valence-corrected chi connectivity index (χ4v) is 1.35. The highest BCUT2D eigenvalue weighted by Crippen LogP contribution is 2.19. The maximum absolute atomic E-state index is 13.4. The summed E-state index contributed by atoms with van der Waals surface area (Å²) in [5.74, 6) is -1.69. The molecule has 88 valence electrons. The first-order chi connectivity index (χ1) is 7.41. The number of alkyl halides is 2. The molecule has 0 fully saturated rings. The van der Waals surface area contributed by atoms with Gasteiger partial charge in [0.25, 0.3) is 12.3 Å². The standard InChI is InChI=1S/C10H11F3N2O/c1-5-2-6(15-4-8(12)13)3-7(11)9(5)10(14)16/h2-3,8,15H,4H2,1H3,(H2,14,16). The van der Waals surface area contributed by atoms with E-state index in [0.29, 0.717) is 5.56 Å². The highest BCUT2D eigenvalue weighted by Gasteiger charge is 2.13. The van der Waals surface area contributed by atoms with Crippen LogP contribution in [0, 0.1) is 12.7 Å². The van der Waals surface area contributed by atoms with E-state index in [0.717, 1.165) is 6.07 Å². The van der Waals surface area contributed by atoms with E-state index in [1.54, 1.807) is 0 Å². The molecule has 1 aromatic carbocycles. The first-order valence-electron chi connectivity index (χ1n) is 4.53. The second-order valence-corrected chi connectivity index (χ2v) is 3.29. The predicted octanol–water partition coefficient (Wildman–Crippen LogP) is 1.91. The quantitative estimate of drug-likeness (QED) is 0.833. The number of amides is 1. The minimum absolute atomic E-state index is 0.195. The van der Waals surface area contributed by atoms with E-state index in [2.05, 4.69) is 5.32 Å². The van der Waals surface area contributed by atoms with Crippen molar-refractivity contribution in [3.05, 3.63) is 29.1 Å². The molecular weight excluding hydrogens is 221 g/mol. The molecule has 1 aromatic rings. The summed E-state index contributed by atoms with van der Waals surface area (Å²) in [5.41, 5.74) is 5.25. The number of hydrogen-bond donors (Lipinski definition) is 2. The van der Waals surface area contributed by atoms with Crippen LogP contribution in [0.3, 0.4) is 0 Å². The number of halogens is 3. The van der Waals surface area contributed by atoms with Crippen LogP contribution in [0.1, 0.15) is 15.9 Å². The summed E-state index contributed by atoms with van der Waals surface area (Å²) < 4.78 is 37.2. The Morgan fingerprint density at radius 3 is 2.56 bits per heavy atom. The van der Waals surface area contributed by atoms with E-state index < -0.39 is 24.7 Å². The molecule has 0 aromatic heterocycles. The Balaban J connectivity index is 2.96. The molecule has 6 heteroatoms. The summed E-state index contributed by atoms with van der Waals surface area (Å²) in [5, 5.41) is 2.35. The van der Waals surface area contributed by atoms with Gasteiger partial charge in [-0.1, -0.05) is 0 Å². The van der Waals surface area contributed by atoms with Crippen LogP contribution < -0.4 is 11.1 Å². The Morgan fingerprint density at radius 1 is 1.50 bits per heavy atom. The molecule has 1 rings (SSSR count). The number of nitrogens with one attached hydrogen (secondary N) is 1. The largest absolute Gasteiger partial charge is 0.379 e. The zero-order chi connectivity index (χ0) is 12.3. The highest BCUT2D eigenvalue weighted by atomic mass is 19.3. The van der Waals surface area contributed by atoms with Crippen LogP contribution in [0.4, 0.5) is 18.9 Å². The van der Waals surface area contributed by atoms with Crippen molar-refractivity contribution in [2.75, 3.05) is 11.9 Å².